The Morgan fingerprint density at radius 3 is 2.03 bits per heavy atom. The highest BCUT2D eigenvalue weighted by atomic mass is 16.5. The molecule has 1 saturated carbocycles. The van der Waals surface area contributed by atoms with Crippen molar-refractivity contribution >= 4 is 17.5 Å². The molecule has 200 valence electrons. The number of piperidine rings is 1. The van der Waals surface area contributed by atoms with Crippen LogP contribution in [-0.2, 0) is 9.59 Å². The summed E-state index contributed by atoms with van der Waals surface area (Å²) in [5.74, 6) is 1.70. The Balaban J connectivity index is 1.80. The second kappa shape index (κ2) is 11.8. The van der Waals surface area contributed by atoms with Crippen LogP contribution in [0.1, 0.15) is 56.6 Å². The van der Waals surface area contributed by atoms with E-state index in [9.17, 15) is 9.59 Å². The maximum Gasteiger partial charge on any atom is 0.228 e. The molecule has 8 heteroatoms. The normalized spacial score (nSPS) is 20.4. The van der Waals surface area contributed by atoms with Crippen LogP contribution in [0.15, 0.2) is 36.4 Å². The monoisotopic (exact) mass is 510 g/mol. The smallest absolute Gasteiger partial charge is 0.228 e. The molecule has 0 spiro atoms. The Labute approximate surface area is 219 Å². The van der Waals surface area contributed by atoms with Gasteiger partial charge in [-0.25, -0.2) is 0 Å². The van der Waals surface area contributed by atoms with E-state index in [1.54, 1.807) is 45.5 Å². The van der Waals surface area contributed by atoms with Crippen LogP contribution in [0.2, 0.25) is 0 Å². The predicted octanol–water partition coefficient (Wildman–Crippen LogP) is 5.00. The summed E-state index contributed by atoms with van der Waals surface area (Å²) in [5, 5.41) is 0. The van der Waals surface area contributed by atoms with E-state index < -0.39 is 12.0 Å². The molecule has 0 bridgehead atoms. The van der Waals surface area contributed by atoms with E-state index in [4.69, 9.17) is 18.9 Å². The number of ether oxygens (including phenoxy) is 4. The summed E-state index contributed by atoms with van der Waals surface area (Å²) in [7, 11) is 8.18. The van der Waals surface area contributed by atoms with Gasteiger partial charge in [0.2, 0.25) is 17.6 Å². The maximum absolute atomic E-state index is 14.0. The SMILES string of the molecule is COc1ccc([C@@H]2[C@@H](C(=O)N(C)C3CCCCC3)CCC(=O)N2c2cc(OC)c(OC)c(OC)c2)cc1. The third kappa shape index (κ3) is 5.33. The number of hydrogen-bond donors (Lipinski definition) is 0. The minimum atomic E-state index is -0.492. The van der Waals surface area contributed by atoms with Crippen molar-refractivity contribution in [1.82, 2.24) is 4.90 Å². The Morgan fingerprint density at radius 1 is 0.865 bits per heavy atom. The number of carbonyl (C=O) groups is 2. The van der Waals surface area contributed by atoms with Crippen molar-refractivity contribution in [2.45, 2.75) is 57.0 Å². The number of rotatable bonds is 8. The van der Waals surface area contributed by atoms with Gasteiger partial charge < -0.3 is 28.7 Å². The van der Waals surface area contributed by atoms with Crippen LogP contribution >= 0.6 is 0 Å². The number of benzene rings is 2. The molecule has 2 aromatic rings. The fourth-order valence-electron chi connectivity index (χ4n) is 5.75. The van der Waals surface area contributed by atoms with Gasteiger partial charge >= 0.3 is 0 Å². The molecule has 1 aliphatic carbocycles. The van der Waals surface area contributed by atoms with E-state index in [1.807, 2.05) is 36.2 Å². The van der Waals surface area contributed by atoms with Crippen LogP contribution in [0, 0.1) is 5.92 Å². The average Bonchev–Trinajstić information content (AvgIpc) is 2.95. The molecular formula is C29H38N2O6. The quantitative estimate of drug-likeness (QED) is 0.498. The maximum atomic E-state index is 14.0. The second-order valence-corrected chi connectivity index (χ2v) is 9.75. The van der Waals surface area contributed by atoms with E-state index >= 15 is 0 Å². The third-order valence-corrected chi connectivity index (χ3v) is 7.77. The minimum Gasteiger partial charge on any atom is -0.497 e. The predicted molar refractivity (Wildman–Crippen MR) is 142 cm³/mol. The lowest BCUT2D eigenvalue weighted by molar-refractivity contribution is -0.139. The van der Waals surface area contributed by atoms with Crippen molar-refractivity contribution in [3.63, 3.8) is 0 Å². The lowest BCUT2D eigenvalue weighted by Crippen LogP contribution is -2.50. The number of methoxy groups -OCH3 is 4. The fourth-order valence-corrected chi connectivity index (χ4v) is 5.75. The van der Waals surface area contributed by atoms with Crippen molar-refractivity contribution in [3.8, 4) is 23.0 Å². The Bertz CT molecular complexity index is 1070. The lowest BCUT2D eigenvalue weighted by Gasteiger charge is -2.43. The van der Waals surface area contributed by atoms with Crippen molar-refractivity contribution in [2.75, 3.05) is 40.4 Å². The summed E-state index contributed by atoms with van der Waals surface area (Å²) >= 11 is 0. The lowest BCUT2D eigenvalue weighted by atomic mass is 9.82. The number of nitrogens with zero attached hydrogens (tertiary/aromatic N) is 2. The van der Waals surface area contributed by atoms with E-state index in [0.717, 1.165) is 31.2 Å². The van der Waals surface area contributed by atoms with E-state index in [2.05, 4.69) is 0 Å². The molecule has 0 aromatic heterocycles. The van der Waals surface area contributed by atoms with Crippen LogP contribution < -0.4 is 23.8 Å². The van der Waals surface area contributed by atoms with Gasteiger partial charge in [0, 0.05) is 31.6 Å². The van der Waals surface area contributed by atoms with E-state index in [0.29, 0.717) is 35.1 Å². The van der Waals surface area contributed by atoms with Crippen molar-refractivity contribution < 1.29 is 28.5 Å². The molecular weight excluding hydrogens is 472 g/mol. The first-order chi connectivity index (χ1) is 17.9. The highest BCUT2D eigenvalue weighted by Gasteiger charge is 2.43. The first-order valence-electron chi connectivity index (χ1n) is 13.0. The number of hydrogen-bond acceptors (Lipinski definition) is 6. The number of amides is 2. The number of anilines is 1. The number of carbonyl (C=O) groups excluding carboxylic acids is 2. The Hall–Kier alpha value is -3.42. The molecule has 2 atom stereocenters. The van der Waals surface area contributed by atoms with Gasteiger partial charge in [0.05, 0.1) is 46.1 Å². The summed E-state index contributed by atoms with van der Waals surface area (Å²) in [6.07, 6.45) is 6.33. The molecule has 2 amide bonds. The van der Waals surface area contributed by atoms with Crippen LogP contribution in [0.25, 0.3) is 0 Å². The summed E-state index contributed by atoms with van der Waals surface area (Å²) in [6, 6.07) is 10.9. The molecule has 2 aromatic carbocycles. The van der Waals surface area contributed by atoms with Crippen molar-refractivity contribution in [3.05, 3.63) is 42.0 Å². The molecule has 1 saturated heterocycles. The highest BCUT2D eigenvalue weighted by molar-refractivity contribution is 5.98. The zero-order valence-corrected chi connectivity index (χ0v) is 22.5. The summed E-state index contributed by atoms with van der Waals surface area (Å²) in [5.41, 5.74) is 1.47. The topological polar surface area (TPSA) is 77.5 Å². The Kier molecular flexibility index (Phi) is 8.46. The van der Waals surface area contributed by atoms with Gasteiger partial charge in [-0.05, 0) is 37.0 Å². The standard InChI is InChI=1S/C29H38N2O6/c1-30(20-9-7-6-8-10-20)29(33)23-15-16-26(32)31(27(23)19-11-13-22(34-2)14-12-19)21-17-24(35-3)28(37-5)25(18-21)36-4/h11-14,17-18,20,23,27H,6-10,15-16H2,1-5H3/t23-,27+/m0/s1. The first kappa shape index (κ1) is 26.6. The van der Waals surface area contributed by atoms with Gasteiger partial charge in [-0.15, -0.1) is 0 Å². The molecule has 0 radical (unpaired) electrons. The fraction of sp³-hybridized carbons (Fsp3) is 0.517. The van der Waals surface area contributed by atoms with E-state index in [-0.39, 0.29) is 24.3 Å². The van der Waals surface area contributed by atoms with Crippen LogP contribution in [0.5, 0.6) is 23.0 Å². The van der Waals surface area contributed by atoms with Crippen molar-refractivity contribution in [2.24, 2.45) is 5.92 Å². The summed E-state index contributed by atoms with van der Waals surface area (Å²) < 4.78 is 22.0. The van der Waals surface area contributed by atoms with Crippen molar-refractivity contribution in [1.29, 1.82) is 0 Å². The van der Waals surface area contributed by atoms with Gasteiger partial charge in [-0.3, -0.25) is 9.59 Å². The van der Waals surface area contributed by atoms with Gasteiger partial charge in [0.25, 0.3) is 0 Å². The molecule has 2 fully saturated rings. The largest absolute Gasteiger partial charge is 0.497 e. The van der Waals surface area contributed by atoms with Gasteiger partial charge in [0.1, 0.15) is 5.75 Å². The zero-order valence-electron chi connectivity index (χ0n) is 22.5. The van der Waals surface area contributed by atoms with Crippen LogP contribution in [-0.4, -0.2) is 58.2 Å². The molecule has 37 heavy (non-hydrogen) atoms. The van der Waals surface area contributed by atoms with E-state index in [1.165, 1.54) is 6.42 Å². The molecule has 8 nitrogen and oxygen atoms in total. The summed E-state index contributed by atoms with van der Waals surface area (Å²) in [4.78, 5) is 31.2. The van der Waals surface area contributed by atoms with Gasteiger partial charge in [-0.1, -0.05) is 31.4 Å². The van der Waals surface area contributed by atoms with Gasteiger partial charge in [-0.2, -0.15) is 0 Å². The van der Waals surface area contributed by atoms with Crippen LogP contribution in [0.4, 0.5) is 5.69 Å². The summed E-state index contributed by atoms with van der Waals surface area (Å²) in [6.45, 7) is 0. The van der Waals surface area contributed by atoms with Crippen LogP contribution in [0.3, 0.4) is 0 Å². The average molecular weight is 511 g/mol. The molecule has 1 aliphatic heterocycles. The molecule has 1 heterocycles. The first-order valence-corrected chi connectivity index (χ1v) is 13.0. The molecule has 0 unspecified atom stereocenters. The minimum absolute atomic E-state index is 0.0561. The molecule has 0 N–H and O–H groups in total. The molecule has 4 rings (SSSR count). The zero-order chi connectivity index (χ0) is 26.5. The van der Waals surface area contributed by atoms with Gasteiger partial charge in [0.15, 0.2) is 11.5 Å². The highest BCUT2D eigenvalue weighted by Crippen LogP contribution is 2.47. The second-order valence-electron chi connectivity index (χ2n) is 9.75. The third-order valence-electron chi connectivity index (χ3n) is 7.77. The Morgan fingerprint density at radius 2 is 1.49 bits per heavy atom. The molecule has 2 aliphatic rings.